The van der Waals surface area contributed by atoms with Crippen LogP contribution in [-0.4, -0.2) is 20.7 Å². The Hall–Kier alpha value is -2.17. The molecular formula is C11H12N4O. The minimum absolute atomic E-state index is 0.435. The predicted molar refractivity (Wildman–Crippen MR) is 58.8 cm³/mol. The van der Waals surface area contributed by atoms with Crippen molar-refractivity contribution in [3.63, 3.8) is 0 Å². The van der Waals surface area contributed by atoms with Crippen LogP contribution in [0.2, 0.25) is 0 Å². The topological polar surface area (TPSA) is 73.8 Å². The molecule has 0 spiro atoms. The lowest BCUT2D eigenvalue weighted by Gasteiger charge is -1.99. The summed E-state index contributed by atoms with van der Waals surface area (Å²) in [7, 11) is 1.86. The van der Waals surface area contributed by atoms with E-state index in [2.05, 4.69) is 10.1 Å². The van der Waals surface area contributed by atoms with Gasteiger partial charge in [0.2, 0.25) is 5.91 Å². The first-order valence-electron chi connectivity index (χ1n) is 4.87. The summed E-state index contributed by atoms with van der Waals surface area (Å²) in [6.07, 6.45) is 5.93. The van der Waals surface area contributed by atoms with E-state index in [1.807, 2.05) is 13.2 Å². The molecule has 0 saturated carbocycles. The Labute approximate surface area is 92.9 Å². The van der Waals surface area contributed by atoms with Gasteiger partial charge in [0, 0.05) is 37.1 Å². The molecule has 0 radical (unpaired) electrons. The van der Waals surface area contributed by atoms with Gasteiger partial charge in [-0.05, 0) is 17.7 Å². The van der Waals surface area contributed by atoms with E-state index in [0.717, 1.165) is 11.3 Å². The summed E-state index contributed by atoms with van der Waals surface area (Å²) in [5.41, 5.74) is 7.54. The number of nitrogens with two attached hydrogens (primary N) is 1. The Morgan fingerprint density at radius 1 is 1.56 bits per heavy atom. The molecule has 0 aliphatic rings. The number of hydrogen-bond acceptors (Lipinski definition) is 3. The number of amides is 1. The summed E-state index contributed by atoms with van der Waals surface area (Å²) < 4.78 is 1.73. The SMILES string of the molecule is Cn1cc(Cc2cc(C(N)=O)ccn2)cn1. The fourth-order valence-electron chi connectivity index (χ4n) is 1.50. The third-order valence-electron chi connectivity index (χ3n) is 2.24. The molecule has 0 unspecified atom stereocenters. The molecule has 2 aromatic rings. The maximum atomic E-state index is 11.0. The largest absolute Gasteiger partial charge is 0.366 e. The van der Waals surface area contributed by atoms with Crippen LogP contribution in [-0.2, 0) is 13.5 Å². The van der Waals surface area contributed by atoms with Gasteiger partial charge in [0.05, 0.1) is 6.20 Å². The lowest BCUT2D eigenvalue weighted by molar-refractivity contribution is 0.1000. The second-order valence-corrected chi connectivity index (χ2v) is 3.60. The Balaban J connectivity index is 2.21. The van der Waals surface area contributed by atoms with Crippen LogP contribution in [0.4, 0.5) is 0 Å². The first kappa shape index (κ1) is 10.4. The van der Waals surface area contributed by atoms with Gasteiger partial charge in [-0.2, -0.15) is 5.10 Å². The van der Waals surface area contributed by atoms with Crippen molar-refractivity contribution in [1.29, 1.82) is 0 Å². The van der Waals surface area contributed by atoms with E-state index in [1.165, 1.54) is 0 Å². The zero-order chi connectivity index (χ0) is 11.5. The summed E-state index contributed by atoms with van der Waals surface area (Å²) in [4.78, 5) is 15.2. The van der Waals surface area contributed by atoms with Gasteiger partial charge in [-0.3, -0.25) is 14.5 Å². The average Bonchev–Trinajstić information content (AvgIpc) is 2.64. The highest BCUT2D eigenvalue weighted by atomic mass is 16.1. The monoisotopic (exact) mass is 216 g/mol. The molecule has 16 heavy (non-hydrogen) atoms. The third kappa shape index (κ3) is 2.25. The molecule has 0 aliphatic carbocycles. The molecule has 2 N–H and O–H groups in total. The van der Waals surface area contributed by atoms with Gasteiger partial charge in [-0.1, -0.05) is 0 Å². The van der Waals surface area contributed by atoms with Gasteiger partial charge in [0.15, 0.2) is 0 Å². The zero-order valence-electron chi connectivity index (χ0n) is 8.92. The normalized spacial score (nSPS) is 10.3. The van der Waals surface area contributed by atoms with E-state index in [-0.39, 0.29) is 0 Å². The average molecular weight is 216 g/mol. The molecule has 0 aliphatic heterocycles. The molecule has 2 rings (SSSR count). The molecule has 5 heteroatoms. The maximum absolute atomic E-state index is 11.0. The van der Waals surface area contributed by atoms with E-state index >= 15 is 0 Å². The molecule has 0 aromatic carbocycles. The van der Waals surface area contributed by atoms with Crippen molar-refractivity contribution in [3.05, 3.63) is 47.5 Å². The van der Waals surface area contributed by atoms with Crippen LogP contribution in [0, 0.1) is 0 Å². The number of carbonyl (C=O) groups is 1. The van der Waals surface area contributed by atoms with Crippen molar-refractivity contribution in [2.45, 2.75) is 6.42 Å². The van der Waals surface area contributed by atoms with Crippen LogP contribution in [0.3, 0.4) is 0 Å². The minimum Gasteiger partial charge on any atom is -0.366 e. The van der Waals surface area contributed by atoms with Crippen LogP contribution >= 0.6 is 0 Å². The van der Waals surface area contributed by atoms with Crippen molar-refractivity contribution in [2.24, 2.45) is 12.8 Å². The molecule has 0 fully saturated rings. The smallest absolute Gasteiger partial charge is 0.248 e. The zero-order valence-corrected chi connectivity index (χ0v) is 8.92. The van der Waals surface area contributed by atoms with Gasteiger partial charge in [-0.25, -0.2) is 0 Å². The highest BCUT2D eigenvalue weighted by Crippen LogP contribution is 2.07. The first-order chi connectivity index (χ1) is 7.65. The second-order valence-electron chi connectivity index (χ2n) is 3.60. The number of aromatic nitrogens is 3. The fraction of sp³-hybridized carbons (Fsp3) is 0.182. The maximum Gasteiger partial charge on any atom is 0.248 e. The van der Waals surface area contributed by atoms with Crippen molar-refractivity contribution < 1.29 is 4.79 Å². The lowest BCUT2D eigenvalue weighted by Crippen LogP contribution is -2.11. The van der Waals surface area contributed by atoms with E-state index in [0.29, 0.717) is 12.0 Å². The fourth-order valence-corrected chi connectivity index (χ4v) is 1.50. The Morgan fingerprint density at radius 3 is 3.00 bits per heavy atom. The van der Waals surface area contributed by atoms with E-state index < -0.39 is 5.91 Å². The molecule has 0 bridgehead atoms. The first-order valence-corrected chi connectivity index (χ1v) is 4.87. The molecular weight excluding hydrogens is 204 g/mol. The summed E-state index contributed by atoms with van der Waals surface area (Å²) in [5, 5.41) is 4.07. The second kappa shape index (κ2) is 4.14. The molecule has 2 aromatic heterocycles. The Kier molecular flexibility index (Phi) is 2.68. The minimum atomic E-state index is -0.435. The van der Waals surface area contributed by atoms with Gasteiger partial charge in [0.1, 0.15) is 0 Å². The summed E-state index contributed by atoms with van der Waals surface area (Å²) in [6, 6.07) is 3.31. The van der Waals surface area contributed by atoms with Gasteiger partial charge >= 0.3 is 0 Å². The van der Waals surface area contributed by atoms with Gasteiger partial charge in [-0.15, -0.1) is 0 Å². The van der Waals surface area contributed by atoms with E-state index in [4.69, 9.17) is 5.73 Å². The Bertz CT molecular complexity index is 518. The molecule has 0 atom stereocenters. The number of rotatable bonds is 3. The number of primary amides is 1. The highest BCUT2D eigenvalue weighted by molar-refractivity contribution is 5.92. The van der Waals surface area contributed by atoms with Crippen LogP contribution in [0.1, 0.15) is 21.6 Å². The van der Waals surface area contributed by atoms with Gasteiger partial charge < -0.3 is 5.73 Å². The van der Waals surface area contributed by atoms with Crippen LogP contribution < -0.4 is 5.73 Å². The number of carbonyl (C=O) groups excluding carboxylic acids is 1. The summed E-state index contributed by atoms with van der Waals surface area (Å²) in [5.74, 6) is -0.435. The number of aryl methyl sites for hydroxylation is 1. The molecule has 1 amide bonds. The number of hydrogen-bond donors (Lipinski definition) is 1. The van der Waals surface area contributed by atoms with Crippen molar-refractivity contribution in [1.82, 2.24) is 14.8 Å². The molecule has 5 nitrogen and oxygen atoms in total. The van der Waals surface area contributed by atoms with E-state index in [9.17, 15) is 4.79 Å². The van der Waals surface area contributed by atoms with Crippen molar-refractivity contribution >= 4 is 5.91 Å². The quantitative estimate of drug-likeness (QED) is 0.812. The number of nitrogens with zero attached hydrogens (tertiary/aromatic N) is 3. The molecule has 82 valence electrons. The van der Waals surface area contributed by atoms with Crippen molar-refractivity contribution in [3.8, 4) is 0 Å². The lowest BCUT2D eigenvalue weighted by atomic mass is 10.1. The van der Waals surface area contributed by atoms with Crippen LogP contribution in [0.5, 0.6) is 0 Å². The van der Waals surface area contributed by atoms with Crippen molar-refractivity contribution in [2.75, 3.05) is 0 Å². The molecule has 2 heterocycles. The van der Waals surface area contributed by atoms with Crippen LogP contribution in [0.25, 0.3) is 0 Å². The van der Waals surface area contributed by atoms with Gasteiger partial charge in [0.25, 0.3) is 0 Å². The third-order valence-corrected chi connectivity index (χ3v) is 2.24. The predicted octanol–water partition coefficient (Wildman–Crippen LogP) is 0.505. The Morgan fingerprint density at radius 2 is 2.38 bits per heavy atom. The molecule has 0 saturated heterocycles. The summed E-state index contributed by atoms with van der Waals surface area (Å²) >= 11 is 0. The highest BCUT2D eigenvalue weighted by Gasteiger charge is 2.04. The van der Waals surface area contributed by atoms with Crippen LogP contribution in [0.15, 0.2) is 30.7 Å². The number of pyridine rings is 1. The van der Waals surface area contributed by atoms with E-state index in [1.54, 1.807) is 29.2 Å². The summed E-state index contributed by atoms with van der Waals surface area (Å²) in [6.45, 7) is 0. The standard InChI is InChI=1S/C11H12N4O/c1-15-7-8(6-14-15)4-10-5-9(11(12)16)2-3-13-10/h2-3,5-7H,4H2,1H3,(H2,12,16).